The van der Waals surface area contributed by atoms with E-state index >= 15 is 0 Å². The standard InChI is InChI=1S/C14H18F2N2O2S/c15-11-5-10(6-12(16)8-11)7-13(9-19)17-21-18-3-1-14(20)2-4-18/h5-6,8-9,13-14,17,20H,1-4,7H2. The average Bonchev–Trinajstić information content (AvgIpc) is 2.44. The summed E-state index contributed by atoms with van der Waals surface area (Å²) in [6.07, 6.45) is 2.11. The zero-order valence-electron chi connectivity index (χ0n) is 11.5. The molecule has 0 amide bonds. The molecule has 116 valence electrons. The van der Waals surface area contributed by atoms with Crippen LogP contribution in [0.2, 0.25) is 0 Å². The minimum absolute atomic E-state index is 0.224. The van der Waals surface area contributed by atoms with Gasteiger partial charge in [-0.2, -0.15) is 0 Å². The fourth-order valence-electron chi connectivity index (χ4n) is 2.18. The van der Waals surface area contributed by atoms with E-state index in [1.165, 1.54) is 24.3 Å². The predicted molar refractivity (Wildman–Crippen MR) is 77.5 cm³/mol. The predicted octanol–water partition coefficient (Wildman–Crippen LogP) is 1.68. The number of nitrogens with one attached hydrogen (secondary N) is 1. The Morgan fingerprint density at radius 2 is 1.95 bits per heavy atom. The summed E-state index contributed by atoms with van der Waals surface area (Å²) >= 11 is 1.31. The van der Waals surface area contributed by atoms with Gasteiger partial charge in [0.15, 0.2) is 0 Å². The van der Waals surface area contributed by atoms with Crippen LogP contribution in [-0.2, 0) is 11.2 Å². The zero-order chi connectivity index (χ0) is 15.2. The van der Waals surface area contributed by atoms with E-state index in [1.807, 2.05) is 4.31 Å². The number of halogens is 2. The van der Waals surface area contributed by atoms with E-state index in [4.69, 9.17) is 0 Å². The van der Waals surface area contributed by atoms with Crippen molar-refractivity contribution >= 4 is 18.4 Å². The van der Waals surface area contributed by atoms with E-state index in [1.54, 1.807) is 0 Å². The molecule has 0 bridgehead atoms. The zero-order valence-corrected chi connectivity index (χ0v) is 12.3. The van der Waals surface area contributed by atoms with Crippen molar-refractivity contribution in [1.29, 1.82) is 0 Å². The Hall–Kier alpha value is -1.02. The van der Waals surface area contributed by atoms with Crippen molar-refractivity contribution < 1.29 is 18.7 Å². The first-order chi connectivity index (χ1) is 10.1. The molecule has 1 aliphatic heterocycles. The van der Waals surface area contributed by atoms with Crippen LogP contribution in [0.25, 0.3) is 0 Å². The SMILES string of the molecule is O=CC(Cc1cc(F)cc(F)c1)NSN1CCC(O)CC1. The van der Waals surface area contributed by atoms with Gasteiger partial charge in [-0.1, -0.05) is 0 Å². The third kappa shape index (κ3) is 5.35. The van der Waals surface area contributed by atoms with Crippen LogP contribution in [0, 0.1) is 11.6 Å². The Kier molecular flexibility index (Phi) is 6.10. The fraction of sp³-hybridized carbons (Fsp3) is 0.500. The molecule has 1 aromatic carbocycles. The molecule has 1 fully saturated rings. The molecule has 1 atom stereocenters. The molecule has 21 heavy (non-hydrogen) atoms. The van der Waals surface area contributed by atoms with Gasteiger partial charge in [-0.15, -0.1) is 0 Å². The topological polar surface area (TPSA) is 52.6 Å². The van der Waals surface area contributed by atoms with Crippen molar-refractivity contribution in [2.75, 3.05) is 13.1 Å². The highest BCUT2D eigenvalue weighted by molar-refractivity contribution is 7.95. The number of aliphatic hydroxyl groups is 1. The number of aldehydes is 1. The van der Waals surface area contributed by atoms with Crippen LogP contribution < -0.4 is 4.72 Å². The minimum Gasteiger partial charge on any atom is -0.393 e. The molecule has 4 nitrogen and oxygen atoms in total. The third-order valence-electron chi connectivity index (χ3n) is 3.30. The van der Waals surface area contributed by atoms with Crippen molar-refractivity contribution in [3.8, 4) is 0 Å². The second-order valence-electron chi connectivity index (χ2n) is 5.09. The number of carbonyl (C=O) groups is 1. The van der Waals surface area contributed by atoms with Crippen LogP contribution in [0.4, 0.5) is 8.78 Å². The lowest BCUT2D eigenvalue weighted by Gasteiger charge is -2.29. The summed E-state index contributed by atoms with van der Waals surface area (Å²) in [5.74, 6) is -1.29. The number of benzene rings is 1. The summed E-state index contributed by atoms with van der Waals surface area (Å²) in [4.78, 5) is 11.1. The van der Waals surface area contributed by atoms with Crippen LogP contribution in [0.1, 0.15) is 18.4 Å². The van der Waals surface area contributed by atoms with Gasteiger partial charge in [0, 0.05) is 31.3 Å². The molecule has 0 aliphatic carbocycles. The Balaban J connectivity index is 1.84. The lowest BCUT2D eigenvalue weighted by molar-refractivity contribution is -0.109. The number of carbonyl (C=O) groups excluding carboxylic acids is 1. The first-order valence-electron chi connectivity index (χ1n) is 6.82. The Labute approximate surface area is 126 Å². The average molecular weight is 316 g/mol. The maximum Gasteiger partial charge on any atom is 0.138 e. The molecule has 7 heteroatoms. The van der Waals surface area contributed by atoms with Gasteiger partial charge < -0.3 is 9.90 Å². The Morgan fingerprint density at radius 3 is 2.52 bits per heavy atom. The summed E-state index contributed by atoms with van der Waals surface area (Å²) in [5, 5.41) is 9.41. The summed E-state index contributed by atoms with van der Waals surface area (Å²) in [5.41, 5.74) is 0.437. The van der Waals surface area contributed by atoms with E-state index in [2.05, 4.69) is 4.72 Å². The molecule has 2 rings (SSSR count). The molecule has 1 unspecified atom stereocenters. The molecule has 2 N–H and O–H groups in total. The molecule has 0 spiro atoms. The maximum absolute atomic E-state index is 13.1. The molecule has 0 aromatic heterocycles. The Morgan fingerprint density at radius 1 is 1.33 bits per heavy atom. The number of piperidine rings is 1. The van der Waals surface area contributed by atoms with Gasteiger partial charge in [0.1, 0.15) is 17.9 Å². The summed E-state index contributed by atoms with van der Waals surface area (Å²) < 4.78 is 31.2. The smallest absolute Gasteiger partial charge is 0.138 e. The van der Waals surface area contributed by atoms with E-state index in [0.29, 0.717) is 18.4 Å². The monoisotopic (exact) mass is 316 g/mol. The van der Waals surface area contributed by atoms with Crippen LogP contribution >= 0.6 is 12.1 Å². The molecule has 1 aromatic rings. The number of aliphatic hydroxyl groups excluding tert-OH is 1. The number of nitrogens with zero attached hydrogens (tertiary/aromatic N) is 1. The van der Waals surface area contributed by atoms with E-state index in [0.717, 1.165) is 25.4 Å². The molecule has 1 heterocycles. The number of hydrogen-bond donors (Lipinski definition) is 2. The number of rotatable bonds is 6. The molecule has 0 saturated carbocycles. The largest absolute Gasteiger partial charge is 0.393 e. The van der Waals surface area contributed by atoms with E-state index in [-0.39, 0.29) is 12.5 Å². The van der Waals surface area contributed by atoms with Gasteiger partial charge in [0.2, 0.25) is 0 Å². The minimum atomic E-state index is -0.646. The summed E-state index contributed by atoms with van der Waals surface area (Å²) in [6, 6.07) is 2.73. The highest BCUT2D eigenvalue weighted by Crippen LogP contribution is 2.17. The number of hydrogen-bond acceptors (Lipinski definition) is 5. The molecule has 1 saturated heterocycles. The summed E-state index contributed by atoms with van der Waals surface area (Å²) in [6.45, 7) is 1.47. The van der Waals surface area contributed by atoms with E-state index in [9.17, 15) is 18.7 Å². The highest BCUT2D eigenvalue weighted by atomic mass is 32.2. The quantitative estimate of drug-likeness (QED) is 0.618. The maximum atomic E-state index is 13.1. The normalized spacial score (nSPS) is 18.6. The Bertz CT molecular complexity index is 462. The van der Waals surface area contributed by atoms with Gasteiger partial charge in [-0.25, -0.2) is 17.8 Å². The second-order valence-corrected chi connectivity index (χ2v) is 6.03. The summed E-state index contributed by atoms with van der Waals surface area (Å²) in [7, 11) is 0. The van der Waals surface area contributed by atoms with Gasteiger partial charge in [0.25, 0.3) is 0 Å². The third-order valence-corrected chi connectivity index (χ3v) is 4.33. The first-order valence-corrected chi connectivity index (χ1v) is 7.60. The van der Waals surface area contributed by atoms with Crippen LogP contribution in [0.3, 0.4) is 0 Å². The first kappa shape index (κ1) is 16.4. The lowest BCUT2D eigenvalue weighted by Crippen LogP contribution is -2.36. The van der Waals surface area contributed by atoms with Crippen LogP contribution in [0.15, 0.2) is 18.2 Å². The van der Waals surface area contributed by atoms with Crippen molar-refractivity contribution in [3.63, 3.8) is 0 Å². The van der Waals surface area contributed by atoms with Gasteiger partial charge in [-0.3, -0.25) is 0 Å². The molecule has 0 radical (unpaired) electrons. The molecule has 1 aliphatic rings. The highest BCUT2D eigenvalue weighted by Gasteiger charge is 2.19. The van der Waals surface area contributed by atoms with Gasteiger partial charge in [-0.05, 0) is 37.0 Å². The van der Waals surface area contributed by atoms with Gasteiger partial charge in [0.05, 0.1) is 12.1 Å². The van der Waals surface area contributed by atoms with Crippen LogP contribution in [0.5, 0.6) is 0 Å². The van der Waals surface area contributed by atoms with Crippen molar-refractivity contribution in [2.24, 2.45) is 0 Å². The van der Waals surface area contributed by atoms with Crippen molar-refractivity contribution in [1.82, 2.24) is 9.03 Å². The molecular weight excluding hydrogens is 298 g/mol. The lowest BCUT2D eigenvalue weighted by atomic mass is 10.1. The van der Waals surface area contributed by atoms with Crippen molar-refractivity contribution in [3.05, 3.63) is 35.4 Å². The van der Waals surface area contributed by atoms with Crippen molar-refractivity contribution in [2.45, 2.75) is 31.4 Å². The molecular formula is C14H18F2N2O2S. The van der Waals surface area contributed by atoms with Gasteiger partial charge >= 0.3 is 0 Å². The van der Waals surface area contributed by atoms with Crippen LogP contribution in [-0.4, -0.2) is 40.9 Å². The fourth-order valence-corrected chi connectivity index (χ4v) is 2.99. The van der Waals surface area contributed by atoms with E-state index < -0.39 is 17.7 Å². The second kappa shape index (κ2) is 7.84.